The maximum Gasteiger partial charge on any atom is 0.224 e. The van der Waals surface area contributed by atoms with Gasteiger partial charge in [0.2, 0.25) is 5.91 Å². The topological polar surface area (TPSA) is 49.3 Å². The summed E-state index contributed by atoms with van der Waals surface area (Å²) < 4.78 is 0. The molecule has 2 aromatic rings. The smallest absolute Gasteiger partial charge is 0.224 e. The molecule has 0 saturated carbocycles. The van der Waals surface area contributed by atoms with Gasteiger partial charge < -0.3 is 10.4 Å². The van der Waals surface area contributed by atoms with Crippen LogP contribution in [0.1, 0.15) is 28.4 Å². The average Bonchev–Trinajstić information content (AvgIpc) is 2.45. The molecule has 1 atom stereocenters. The van der Waals surface area contributed by atoms with Crippen LogP contribution in [0, 0.1) is 13.8 Å². The van der Waals surface area contributed by atoms with Crippen molar-refractivity contribution in [3.8, 4) is 0 Å². The molecule has 3 heteroatoms. The number of carbonyl (C=O) groups excluding carboxylic acids is 1. The second-order valence-corrected chi connectivity index (χ2v) is 5.34. The van der Waals surface area contributed by atoms with Crippen molar-refractivity contribution in [2.45, 2.75) is 26.4 Å². The lowest BCUT2D eigenvalue weighted by Gasteiger charge is -2.14. The van der Waals surface area contributed by atoms with Crippen LogP contribution in [0.3, 0.4) is 0 Å². The zero-order valence-corrected chi connectivity index (χ0v) is 12.5. The molecule has 110 valence electrons. The van der Waals surface area contributed by atoms with E-state index in [9.17, 15) is 9.90 Å². The second-order valence-electron chi connectivity index (χ2n) is 5.34. The lowest BCUT2D eigenvalue weighted by molar-refractivity contribution is -0.120. The van der Waals surface area contributed by atoms with Gasteiger partial charge in [0.25, 0.3) is 0 Å². The third-order valence-electron chi connectivity index (χ3n) is 3.49. The Bertz CT molecular complexity index is 622. The van der Waals surface area contributed by atoms with E-state index in [-0.39, 0.29) is 12.5 Å². The highest BCUT2D eigenvalue weighted by Gasteiger charge is 2.11. The molecular weight excluding hydrogens is 262 g/mol. The SMILES string of the molecule is Cc1cccc(CC(=O)NCC(O)c2ccccc2C)c1. The Morgan fingerprint density at radius 3 is 2.62 bits per heavy atom. The van der Waals surface area contributed by atoms with Gasteiger partial charge in [-0.25, -0.2) is 0 Å². The van der Waals surface area contributed by atoms with Gasteiger partial charge in [-0.2, -0.15) is 0 Å². The highest BCUT2D eigenvalue weighted by atomic mass is 16.3. The minimum atomic E-state index is -0.673. The minimum Gasteiger partial charge on any atom is -0.387 e. The number of aliphatic hydroxyl groups is 1. The number of hydrogen-bond donors (Lipinski definition) is 2. The van der Waals surface area contributed by atoms with Crippen molar-refractivity contribution in [2.24, 2.45) is 0 Å². The molecule has 0 radical (unpaired) electrons. The van der Waals surface area contributed by atoms with Gasteiger partial charge in [0.1, 0.15) is 0 Å². The van der Waals surface area contributed by atoms with Crippen LogP contribution >= 0.6 is 0 Å². The van der Waals surface area contributed by atoms with Gasteiger partial charge in [0.15, 0.2) is 0 Å². The van der Waals surface area contributed by atoms with Crippen LogP contribution in [0.2, 0.25) is 0 Å². The van der Waals surface area contributed by atoms with Crippen LogP contribution in [-0.2, 0) is 11.2 Å². The van der Waals surface area contributed by atoms with Crippen LogP contribution in [0.5, 0.6) is 0 Å². The summed E-state index contributed by atoms with van der Waals surface area (Å²) in [7, 11) is 0. The Hall–Kier alpha value is -2.13. The standard InChI is InChI=1S/C18H21NO2/c1-13-6-5-8-15(10-13)11-18(21)19-12-17(20)16-9-4-3-7-14(16)2/h3-10,17,20H,11-12H2,1-2H3,(H,19,21). The summed E-state index contributed by atoms with van der Waals surface area (Å²) in [5.74, 6) is -0.0757. The van der Waals surface area contributed by atoms with E-state index in [4.69, 9.17) is 0 Å². The van der Waals surface area contributed by atoms with E-state index in [0.717, 1.165) is 22.3 Å². The largest absolute Gasteiger partial charge is 0.387 e. The molecule has 0 aliphatic heterocycles. The Balaban J connectivity index is 1.88. The zero-order chi connectivity index (χ0) is 15.2. The van der Waals surface area contributed by atoms with Crippen LogP contribution in [0.15, 0.2) is 48.5 Å². The first-order valence-corrected chi connectivity index (χ1v) is 7.12. The second kappa shape index (κ2) is 7.04. The number of benzene rings is 2. The molecule has 0 bridgehead atoms. The van der Waals surface area contributed by atoms with Gasteiger partial charge in [-0.1, -0.05) is 54.1 Å². The molecule has 2 aromatic carbocycles. The first-order valence-electron chi connectivity index (χ1n) is 7.12. The summed E-state index contributed by atoms with van der Waals surface area (Å²) >= 11 is 0. The summed E-state index contributed by atoms with van der Waals surface area (Å²) in [4.78, 5) is 11.9. The number of amides is 1. The van der Waals surface area contributed by atoms with Crippen molar-refractivity contribution in [1.29, 1.82) is 0 Å². The van der Waals surface area contributed by atoms with Crippen molar-refractivity contribution in [2.75, 3.05) is 6.54 Å². The Kier molecular flexibility index (Phi) is 5.12. The highest BCUT2D eigenvalue weighted by molar-refractivity contribution is 5.78. The number of aryl methyl sites for hydroxylation is 2. The molecule has 0 heterocycles. The fraction of sp³-hybridized carbons (Fsp3) is 0.278. The summed E-state index contributed by atoms with van der Waals surface area (Å²) in [5, 5.41) is 12.9. The third kappa shape index (κ3) is 4.43. The fourth-order valence-electron chi connectivity index (χ4n) is 2.35. The normalized spacial score (nSPS) is 12.0. The Labute approximate surface area is 125 Å². The lowest BCUT2D eigenvalue weighted by atomic mass is 10.0. The van der Waals surface area contributed by atoms with E-state index < -0.39 is 6.10 Å². The maximum atomic E-state index is 11.9. The molecule has 2 rings (SSSR count). The van der Waals surface area contributed by atoms with Crippen LogP contribution in [0.25, 0.3) is 0 Å². The Morgan fingerprint density at radius 1 is 1.14 bits per heavy atom. The van der Waals surface area contributed by atoms with Crippen molar-refractivity contribution in [1.82, 2.24) is 5.32 Å². The molecule has 0 aliphatic carbocycles. The zero-order valence-electron chi connectivity index (χ0n) is 12.5. The average molecular weight is 283 g/mol. The molecule has 3 nitrogen and oxygen atoms in total. The van der Waals surface area contributed by atoms with Crippen LogP contribution in [0.4, 0.5) is 0 Å². The predicted octanol–water partition coefficient (Wildman–Crippen LogP) is 2.70. The predicted molar refractivity (Wildman–Crippen MR) is 84.0 cm³/mol. The van der Waals surface area contributed by atoms with Gasteiger partial charge in [-0.05, 0) is 30.5 Å². The van der Waals surface area contributed by atoms with E-state index >= 15 is 0 Å². The molecule has 0 aromatic heterocycles. The van der Waals surface area contributed by atoms with Crippen LogP contribution in [-0.4, -0.2) is 17.6 Å². The van der Waals surface area contributed by atoms with E-state index in [2.05, 4.69) is 5.32 Å². The fourth-order valence-corrected chi connectivity index (χ4v) is 2.35. The molecule has 1 amide bonds. The molecule has 0 aliphatic rings. The maximum absolute atomic E-state index is 11.9. The molecule has 0 fully saturated rings. The number of nitrogens with one attached hydrogen (secondary N) is 1. The van der Waals surface area contributed by atoms with Gasteiger partial charge in [-0.3, -0.25) is 4.79 Å². The first-order chi connectivity index (χ1) is 10.1. The number of aliphatic hydroxyl groups excluding tert-OH is 1. The third-order valence-corrected chi connectivity index (χ3v) is 3.49. The van der Waals surface area contributed by atoms with Gasteiger partial charge in [0, 0.05) is 6.54 Å². The molecule has 1 unspecified atom stereocenters. The monoisotopic (exact) mass is 283 g/mol. The van der Waals surface area contributed by atoms with Crippen molar-refractivity contribution >= 4 is 5.91 Å². The Morgan fingerprint density at radius 2 is 1.90 bits per heavy atom. The van der Waals surface area contributed by atoms with Crippen molar-refractivity contribution in [3.63, 3.8) is 0 Å². The summed E-state index contributed by atoms with van der Waals surface area (Å²) in [6, 6.07) is 15.5. The molecule has 0 saturated heterocycles. The van der Waals surface area contributed by atoms with Gasteiger partial charge in [0.05, 0.1) is 12.5 Å². The first kappa shape index (κ1) is 15.3. The van der Waals surface area contributed by atoms with Crippen molar-refractivity contribution in [3.05, 3.63) is 70.8 Å². The number of rotatable bonds is 5. The van der Waals surface area contributed by atoms with Crippen LogP contribution < -0.4 is 5.32 Å². The molecule has 2 N–H and O–H groups in total. The van der Waals surface area contributed by atoms with E-state index in [1.54, 1.807) is 0 Å². The van der Waals surface area contributed by atoms with E-state index in [0.29, 0.717) is 6.42 Å². The van der Waals surface area contributed by atoms with E-state index in [1.165, 1.54) is 0 Å². The van der Waals surface area contributed by atoms with E-state index in [1.807, 2.05) is 62.4 Å². The molecular formula is C18H21NO2. The molecule has 0 spiro atoms. The lowest BCUT2D eigenvalue weighted by Crippen LogP contribution is -2.29. The van der Waals surface area contributed by atoms with Crippen molar-refractivity contribution < 1.29 is 9.90 Å². The molecule has 21 heavy (non-hydrogen) atoms. The summed E-state index contributed by atoms with van der Waals surface area (Å²) in [6.07, 6.45) is -0.338. The van der Waals surface area contributed by atoms with Gasteiger partial charge >= 0.3 is 0 Å². The number of carbonyl (C=O) groups is 1. The highest BCUT2D eigenvalue weighted by Crippen LogP contribution is 2.16. The van der Waals surface area contributed by atoms with Gasteiger partial charge in [-0.15, -0.1) is 0 Å². The number of hydrogen-bond acceptors (Lipinski definition) is 2. The summed E-state index contributed by atoms with van der Waals surface area (Å²) in [5.41, 5.74) is 4.00. The summed E-state index contributed by atoms with van der Waals surface area (Å²) in [6.45, 7) is 4.19. The quantitative estimate of drug-likeness (QED) is 0.886. The minimum absolute atomic E-state index is 0.0757.